The van der Waals surface area contributed by atoms with E-state index >= 15 is 0 Å². The second-order valence-electron chi connectivity index (χ2n) is 4.75. The number of anilines is 1. The molecule has 1 amide bonds. The molecule has 0 aliphatic carbocycles. The number of rotatable bonds is 5. The Labute approximate surface area is 147 Å². The summed E-state index contributed by atoms with van der Waals surface area (Å²) in [7, 11) is -4.87. The first kappa shape index (κ1) is 18.6. The van der Waals surface area contributed by atoms with E-state index < -0.39 is 25.9 Å². The van der Waals surface area contributed by atoms with Crippen molar-refractivity contribution in [2.24, 2.45) is 0 Å². The number of hydrogen-bond donors (Lipinski definition) is 1. The van der Waals surface area contributed by atoms with Crippen LogP contribution in [-0.2, 0) is 15.0 Å². The number of halogens is 2. The summed E-state index contributed by atoms with van der Waals surface area (Å²) in [6.45, 7) is 0. The quantitative estimate of drug-likeness (QED) is 0.367. The summed E-state index contributed by atoms with van der Waals surface area (Å²) < 4.78 is 34.6. The molecule has 0 saturated heterocycles. The van der Waals surface area contributed by atoms with Crippen molar-refractivity contribution >= 4 is 45.2 Å². The lowest BCUT2D eigenvalue weighted by atomic mass is 10.2. The Morgan fingerprint density at radius 1 is 1.24 bits per heavy atom. The first-order valence-electron chi connectivity index (χ1n) is 6.64. The van der Waals surface area contributed by atoms with Gasteiger partial charge in [0.1, 0.15) is 4.90 Å². The van der Waals surface area contributed by atoms with Crippen molar-refractivity contribution in [1.82, 2.24) is 0 Å². The van der Waals surface area contributed by atoms with Crippen LogP contribution in [0.25, 0.3) is 6.08 Å². The molecule has 0 bridgehead atoms. The smallest absolute Gasteiger partial charge is 0.322 e. The van der Waals surface area contributed by atoms with E-state index in [-0.39, 0.29) is 16.4 Å². The second-order valence-corrected chi connectivity index (χ2v) is 6.51. The molecule has 0 unspecified atom stereocenters. The number of benzene rings is 2. The van der Waals surface area contributed by atoms with Crippen molar-refractivity contribution < 1.29 is 22.0 Å². The maximum Gasteiger partial charge on any atom is 0.332 e. The van der Waals surface area contributed by atoms with Crippen molar-refractivity contribution in [2.45, 2.75) is 4.90 Å². The molecule has 2 rings (SSSR count). The first-order chi connectivity index (χ1) is 11.7. The molecule has 0 heterocycles. The fraction of sp³-hybridized carbons (Fsp3) is 0. The summed E-state index contributed by atoms with van der Waals surface area (Å²) in [4.78, 5) is 21.3. The van der Waals surface area contributed by atoms with E-state index in [1.165, 1.54) is 30.3 Å². The zero-order valence-electron chi connectivity index (χ0n) is 12.3. The summed E-state index contributed by atoms with van der Waals surface area (Å²) in [5, 5.41) is 13.1. The molecular formula is C15H10ClFN2O5S. The molecule has 0 spiro atoms. The van der Waals surface area contributed by atoms with Crippen LogP contribution in [-0.4, -0.2) is 19.2 Å². The van der Waals surface area contributed by atoms with Crippen LogP contribution in [0.1, 0.15) is 5.56 Å². The summed E-state index contributed by atoms with van der Waals surface area (Å²) in [5.74, 6) is -0.622. The van der Waals surface area contributed by atoms with Gasteiger partial charge >= 0.3 is 10.2 Å². The number of non-ortho nitro benzene ring substituents is 1. The fourth-order valence-corrected chi connectivity index (χ4v) is 2.59. The monoisotopic (exact) mass is 384 g/mol. The molecule has 7 nitrogen and oxygen atoms in total. The second kappa shape index (κ2) is 7.41. The summed E-state index contributed by atoms with van der Waals surface area (Å²) >= 11 is 5.89. The molecule has 2 aromatic carbocycles. The molecule has 130 valence electrons. The highest BCUT2D eigenvalue weighted by Gasteiger charge is 2.12. The highest BCUT2D eigenvalue weighted by atomic mass is 35.5. The molecule has 0 atom stereocenters. The Morgan fingerprint density at radius 3 is 2.56 bits per heavy atom. The lowest BCUT2D eigenvalue weighted by Crippen LogP contribution is -2.08. The Bertz CT molecular complexity index is 976. The van der Waals surface area contributed by atoms with E-state index in [2.05, 4.69) is 5.32 Å². The van der Waals surface area contributed by atoms with Gasteiger partial charge in [0.05, 0.1) is 9.95 Å². The summed E-state index contributed by atoms with van der Waals surface area (Å²) in [5.41, 5.74) is 0.279. The normalized spacial score (nSPS) is 11.4. The molecule has 2 aromatic rings. The predicted molar refractivity (Wildman–Crippen MR) is 90.5 cm³/mol. The van der Waals surface area contributed by atoms with E-state index in [0.717, 1.165) is 24.3 Å². The van der Waals surface area contributed by atoms with Gasteiger partial charge in [0, 0.05) is 23.9 Å². The summed E-state index contributed by atoms with van der Waals surface area (Å²) in [6.07, 6.45) is 2.43. The minimum absolute atomic E-state index is 0.0863. The Kier molecular flexibility index (Phi) is 5.50. The van der Waals surface area contributed by atoms with E-state index in [9.17, 15) is 27.2 Å². The topological polar surface area (TPSA) is 106 Å². The number of nitrogens with zero attached hydrogens (tertiary/aromatic N) is 1. The average molecular weight is 385 g/mol. The lowest BCUT2D eigenvalue weighted by molar-refractivity contribution is -0.384. The van der Waals surface area contributed by atoms with Crippen molar-refractivity contribution in [3.8, 4) is 0 Å². The van der Waals surface area contributed by atoms with Crippen LogP contribution in [0.4, 0.5) is 15.3 Å². The zero-order valence-corrected chi connectivity index (χ0v) is 13.9. The van der Waals surface area contributed by atoms with Crippen LogP contribution < -0.4 is 5.32 Å². The van der Waals surface area contributed by atoms with E-state index in [1.54, 1.807) is 0 Å². The zero-order chi connectivity index (χ0) is 18.6. The Balaban J connectivity index is 2.13. The molecular weight excluding hydrogens is 375 g/mol. The highest BCUT2D eigenvalue weighted by molar-refractivity contribution is 7.86. The van der Waals surface area contributed by atoms with Crippen molar-refractivity contribution in [2.75, 3.05) is 5.32 Å². The van der Waals surface area contributed by atoms with E-state index in [0.29, 0.717) is 5.56 Å². The summed E-state index contributed by atoms with van der Waals surface area (Å²) in [6, 6.07) is 8.45. The van der Waals surface area contributed by atoms with Crippen LogP contribution in [0, 0.1) is 10.1 Å². The number of nitrogens with one attached hydrogen (secondary N) is 1. The third kappa shape index (κ3) is 5.10. The number of hydrogen-bond acceptors (Lipinski definition) is 5. The van der Waals surface area contributed by atoms with Crippen molar-refractivity contribution in [3.63, 3.8) is 0 Å². The van der Waals surface area contributed by atoms with Crippen molar-refractivity contribution in [1.29, 1.82) is 0 Å². The maximum absolute atomic E-state index is 12.9. The van der Waals surface area contributed by atoms with Gasteiger partial charge in [-0.15, -0.1) is 3.89 Å². The largest absolute Gasteiger partial charge is 0.332 e. The van der Waals surface area contributed by atoms with Gasteiger partial charge in [-0.2, -0.15) is 8.42 Å². The SMILES string of the molecule is O=C(/C=C\c1ccc([N+](=O)[O-])cc1Cl)Nc1cccc(S(=O)(=O)F)c1. The number of carbonyl (C=O) groups excluding carboxylic acids is 1. The van der Waals surface area contributed by atoms with E-state index in [4.69, 9.17) is 11.6 Å². The molecule has 0 aromatic heterocycles. The van der Waals surface area contributed by atoms with Crippen LogP contribution in [0.15, 0.2) is 53.4 Å². The molecule has 0 aliphatic heterocycles. The number of nitro groups is 1. The van der Waals surface area contributed by atoms with Gasteiger partial charge in [0.15, 0.2) is 0 Å². The molecule has 25 heavy (non-hydrogen) atoms. The van der Waals surface area contributed by atoms with Crippen LogP contribution in [0.3, 0.4) is 0 Å². The van der Waals surface area contributed by atoms with Gasteiger partial charge in [-0.1, -0.05) is 17.7 Å². The molecule has 0 fully saturated rings. The lowest BCUT2D eigenvalue weighted by Gasteiger charge is -2.03. The molecule has 10 heteroatoms. The van der Waals surface area contributed by atoms with Crippen LogP contribution >= 0.6 is 11.6 Å². The van der Waals surface area contributed by atoms with Crippen LogP contribution in [0.2, 0.25) is 5.02 Å². The van der Waals surface area contributed by atoms with E-state index in [1.807, 2.05) is 0 Å². The minimum atomic E-state index is -4.87. The number of carbonyl (C=O) groups is 1. The van der Waals surface area contributed by atoms with Gasteiger partial charge < -0.3 is 5.32 Å². The fourth-order valence-electron chi connectivity index (χ4n) is 1.84. The number of nitro benzene ring substituents is 1. The number of amides is 1. The third-order valence-electron chi connectivity index (χ3n) is 2.99. The Hall–Kier alpha value is -2.78. The molecule has 1 N–H and O–H groups in total. The maximum atomic E-state index is 12.9. The van der Waals surface area contributed by atoms with Gasteiger partial charge in [0.25, 0.3) is 5.69 Å². The van der Waals surface area contributed by atoms with Gasteiger partial charge in [-0.3, -0.25) is 14.9 Å². The third-order valence-corrected chi connectivity index (χ3v) is 4.14. The minimum Gasteiger partial charge on any atom is -0.322 e. The standard InChI is InChI=1S/C15H10ClFN2O5S/c16-14-9-12(19(21)22)6-4-10(14)5-7-15(20)18-11-2-1-3-13(8-11)25(17,23)24/h1-9H,(H,18,20)/b7-5-. The predicted octanol–water partition coefficient (Wildman–Crippen LogP) is 3.56. The Morgan fingerprint density at radius 2 is 1.96 bits per heavy atom. The van der Waals surface area contributed by atoms with Crippen molar-refractivity contribution in [3.05, 3.63) is 69.2 Å². The average Bonchev–Trinajstić information content (AvgIpc) is 2.53. The molecule has 0 saturated carbocycles. The van der Waals surface area contributed by atoms with Gasteiger partial charge in [-0.25, -0.2) is 0 Å². The molecule has 0 radical (unpaired) electrons. The van der Waals surface area contributed by atoms with Gasteiger partial charge in [-0.05, 0) is 35.9 Å². The van der Waals surface area contributed by atoms with Gasteiger partial charge in [0.2, 0.25) is 5.91 Å². The first-order valence-corrected chi connectivity index (χ1v) is 8.41. The molecule has 0 aliphatic rings. The highest BCUT2D eigenvalue weighted by Crippen LogP contribution is 2.23. The van der Waals surface area contributed by atoms with Crippen LogP contribution in [0.5, 0.6) is 0 Å².